The number of aryl methyl sites for hydroxylation is 2. The average molecular weight is 484 g/mol. The number of aromatic nitrogens is 1. The molecule has 1 atom stereocenters. The molecule has 1 aromatic heterocycles. The first kappa shape index (κ1) is 24.3. The molecule has 0 aliphatic carbocycles. The lowest BCUT2D eigenvalue weighted by atomic mass is 10.1. The smallest absolute Gasteiger partial charge is 0.247 e. The van der Waals surface area contributed by atoms with Crippen molar-refractivity contribution in [2.75, 3.05) is 50.5 Å². The molecule has 0 bridgehead atoms. The third-order valence-electron chi connectivity index (χ3n) is 6.54. The van der Waals surface area contributed by atoms with Crippen LogP contribution in [0.25, 0.3) is 10.9 Å². The second kappa shape index (κ2) is 9.40. The van der Waals surface area contributed by atoms with E-state index in [2.05, 4.69) is 21.6 Å². The summed E-state index contributed by atoms with van der Waals surface area (Å²) in [6, 6.07) is 10.7. The molecule has 2 N–H and O–H groups in total. The molecule has 1 unspecified atom stereocenters. The summed E-state index contributed by atoms with van der Waals surface area (Å²) >= 11 is 0. The van der Waals surface area contributed by atoms with Crippen LogP contribution in [0, 0.1) is 13.8 Å². The third-order valence-corrected chi connectivity index (χ3v) is 8.35. The van der Waals surface area contributed by atoms with E-state index in [4.69, 9.17) is 0 Å². The van der Waals surface area contributed by atoms with E-state index in [0.717, 1.165) is 59.6 Å². The first-order valence-corrected chi connectivity index (χ1v) is 12.9. The maximum absolute atomic E-state index is 13.3. The number of hydrogen-bond donors (Lipinski definition) is 2. The highest BCUT2D eigenvalue weighted by Crippen LogP contribution is 2.29. The van der Waals surface area contributed by atoms with Gasteiger partial charge < -0.3 is 20.1 Å². The first-order chi connectivity index (χ1) is 16.1. The molecule has 9 heteroatoms. The Balaban J connectivity index is 1.63. The van der Waals surface area contributed by atoms with Crippen LogP contribution in [0.1, 0.15) is 24.1 Å². The van der Waals surface area contributed by atoms with Crippen molar-refractivity contribution in [2.24, 2.45) is 0 Å². The largest absolute Gasteiger partial charge is 0.369 e. The molecule has 3 aromatic rings. The zero-order chi connectivity index (χ0) is 24.6. The molecule has 0 spiro atoms. The fourth-order valence-corrected chi connectivity index (χ4v) is 5.25. The summed E-state index contributed by atoms with van der Waals surface area (Å²) in [6.07, 6.45) is 1.91. The maximum atomic E-state index is 13.3. The molecular weight excluding hydrogens is 450 g/mol. The molecule has 1 aliphatic rings. The number of rotatable bonds is 6. The van der Waals surface area contributed by atoms with Crippen LogP contribution in [0.5, 0.6) is 0 Å². The van der Waals surface area contributed by atoms with Gasteiger partial charge in [0.15, 0.2) is 0 Å². The van der Waals surface area contributed by atoms with Gasteiger partial charge in [0, 0.05) is 63.2 Å². The summed E-state index contributed by atoms with van der Waals surface area (Å²) < 4.78 is 28.4. The summed E-state index contributed by atoms with van der Waals surface area (Å²) in [6.45, 7) is 9.52. The number of carbonyl (C=O) groups is 1. The first-order valence-electron chi connectivity index (χ1n) is 11.5. The molecule has 8 nitrogen and oxygen atoms in total. The van der Waals surface area contributed by atoms with Gasteiger partial charge in [0.1, 0.15) is 6.04 Å². The Bertz CT molecular complexity index is 1320. The zero-order valence-corrected chi connectivity index (χ0v) is 21.2. The number of benzene rings is 2. The lowest BCUT2D eigenvalue weighted by molar-refractivity contribution is -0.118. The van der Waals surface area contributed by atoms with Gasteiger partial charge in [-0.1, -0.05) is 12.1 Å². The van der Waals surface area contributed by atoms with Crippen molar-refractivity contribution >= 4 is 38.2 Å². The second-order valence-electron chi connectivity index (χ2n) is 9.09. The number of amides is 1. The normalized spacial score (nSPS) is 15.6. The highest BCUT2D eigenvalue weighted by Gasteiger charge is 2.23. The predicted octanol–water partition coefficient (Wildman–Crippen LogP) is 3.12. The Labute approximate surface area is 201 Å². The number of piperazine rings is 1. The van der Waals surface area contributed by atoms with E-state index in [0.29, 0.717) is 0 Å². The van der Waals surface area contributed by atoms with Crippen molar-refractivity contribution in [3.05, 3.63) is 53.7 Å². The summed E-state index contributed by atoms with van der Waals surface area (Å²) in [5.74, 6) is -0.154. The molecule has 182 valence electrons. The summed E-state index contributed by atoms with van der Waals surface area (Å²) in [5, 5.41) is 7.38. The minimum absolute atomic E-state index is 0.154. The van der Waals surface area contributed by atoms with Crippen LogP contribution in [0.3, 0.4) is 0 Å². The Morgan fingerprint density at radius 1 is 1.06 bits per heavy atom. The number of nitrogens with zero attached hydrogens (tertiary/aromatic N) is 3. The number of nitrogens with one attached hydrogen (secondary N) is 2. The third kappa shape index (κ3) is 4.55. The van der Waals surface area contributed by atoms with Gasteiger partial charge in [0.05, 0.1) is 10.4 Å². The van der Waals surface area contributed by atoms with Gasteiger partial charge in [0.2, 0.25) is 15.9 Å². The maximum Gasteiger partial charge on any atom is 0.247 e. The van der Waals surface area contributed by atoms with Gasteiger partial charge in [-0.3, -0.25) is 4.79 Å². The van der Waals surface area contributed by atoms with Crippen LogP contribution in [0.15, 0.2) is 47.5 Å². The predicted molar refractivity (Wildman–Crippen MR) is 137 cm³/mol. The van der Waals surface area contributed by atoms with Crippen LogP contribution in [0.4, 0.5) is 11.4 Å². The molecular formula is C25H33N5O3S. The van der Waals surface area contributed by atoms with E-state index in [1.165, 1.54) is 18.4 Å². The quantitative estimate of drug-likeness (QED) is 0.563. The average Bonchev–Trinajstić information content (AvgIpc) is 3.16. The highest BCUT2D eigenvalue weighted by atomic mass is 32.2. The van der Waals surface area contributed by atoms with Crippen molar-refractivity contribution in [1.29, 1.82) is 0 Å². The van der Waals surface area contributed by atoms with Gasteiger partial charge in [0.25, 0.3) is 0 Å². The van der Waals surface area contributed by atoms with Crippen LogP contribution >= 0.6 is 0 Å². The minimum Gasteiger partial charge on any atom is -0.369 e. The lowest BCUT2D eigenvalue weighted by Crippen LogP contribution is -2.43. The monoisotopic (exact) mass is 483 g/mol. The van der Waals surface area contributed by atoms with Crippen molar-refractivity contribution in [2.45, 2.75) is 31.7 Å². The summed E-state index contributed by atoms with van der Waals surface area (Å²) in [4.78, 5) is 15.8. The molecule has 4 rings (SSSR count). The van der Waals surface area contributed by atoms with Gasteiger partial charge in [-0.05, 0) is 56.2 Å². The molecule has 0 radical (unpaired) electrons. The molecule has 1 aliphatic heterocycles. The Hall–Kier alpha value is -2.88. The van der Waals surface area contributed by atoms with E-state index in [1.54, 1.807) is 12.1 Å². The molecule has 0 saturated carbocycles. The Morgan fingerprint density at radius 3 is 2.44 bits per heavy atom. The zero-order valence-electron chi connectivity index (χ0n) is 20.4. The van der Waals surface area contributed by atoms with Gasteiger partial charge in [-0.25, -0.2) is 12.7 Å². The number of hydrogen-bond acceptors (Lipinski definition) is 5. The summed E-state index contributed by atoms with van der Waals surface area (Å²) in [5.41, 5.74) is 4.58. The number of anilines is 2. The standard InChI is InChI=1S/C25H33N5O3S/c1-17-6-7-20(29-12-10-26-11-13-29)14-23(17)27-25(31)19(3)30-16-18(2)22-9-8-21(15-24(22)30)34(32,33)28(4)5/h6-9,14-16,19,26H,10-13H2,1-5H3,(H,27,31). The molecule has 1 saturated heterocycles. The van der Waals surface area contributed by atoms with Crippen LogP contribution < -0.4 is 15.5 Å². The van der Waals surface area contributed by atoms with E-state index in [-0.39, 0.29) is 10.8 Å². The number of fused-ring (bicyclic) bond motifs is 1. The van der Waals surface area contributed by atoms with E-state index >= 15 is 0 Å². The SMILES string of the molecule is Cc1ccc(N2CCNCC2)cc1NC(=O)C(C)n1cc(C)c2ccc(S(=O)(=O)N(C)C)cc21. The highest BCUT2D eigenvalue weighted by molar-refractivity contribution is 7.89. The number of carbonyl (C=O) groups excluding carboxylic acids is 1. The van der Waals surface area contributed by atoms with E-state index in [1.807, 2.05) is 49.7 Å². The van der Waals surface area contributed by atoms with Crippen molar-refractivity contribution in [3.8, 4) is 0 Å². The van der Waals surface area contributed by atoms with Crippen molar-refractivity contribution in [3.63, 3.8) is 0 Å². The van der Waals surface area contributed by atoms with Gasteiger partial charge in [-0.2, -0.15) is 0 Å². The van der Waals surface area contributed by atoms with Crippen molar-refractivity contribution < 1.29 is 13.2 Å². The second-order valence-corrected chi connectivity index (χ2v) is 11.2. The molecule has 34 heavy (non-hydrogen) atoms. The van der Waals surface area contributed by atoms with Crippen LogP contribution in [-0.2, 0) is 14.8 Å². The fraction of sp³-hybridized carbons (Fsp3) is 0.400. The molecule has 1 fully saturated rings. The van der Waals surface area contributed by atoms with Gasteiger partial charge >= 0.3 is 0 Å². The lowest BCUT2D eigenvalue weighted by Gasteiger charge is -2.30. The molecule has 2 heterocycles. The Kier molecular flexibility index (Phi) is 6.71. The van der Waals surface area contributed by atoms with E-state index in [9.17, 15) is 13.2 Å². The number of sulfonamides is 1. The topological polar surface area (TPSA) is 86.7 Å². The molecule has 1 amide bonds. The summed E-state index contributed by atoms with van der Waals surface area (Å²) in [7, 11) is -0.560. The van der Waals surface area contributed by atoms with Crippen molar-refractivity contribution in [1.82, 2.24) is 14.2 Å². The van der Waals surface area contributed by atoms with Gasteiger partial charge in [-0.15, -0.1) is 0 Å². The minimum atomic E-state index is -3.58. The van der Waals surface area contributed by atoms with Crippen LogP contribution in [-0.4, -0.2) is 63.5 Å². The fourth-order valence-electron chi connectivity index (χ4n) is 4.33. The van der Waals surface area contributed by atoms with E-state index < -0.39 is 16.1 Å². The Morgan fingerprint density at radius 2 is 1.76 bits per heavy atom. The molecule has 2 aromatic carbocycles. The van der Waals surface area contributed by atoms with Crippen LogP contribution in [0.2, 0.25) is 0 Å².